The second-order valence-electron chi connectivity index (χ2n) is 6.34. The Morgan fingerprint density at radius 3 is 2.64 bits per heavy atom. The van der Waals surface area contributed by atoms with Crippen molar-refractivity contribution >= 4 is 28.7 Å². The number of imidazole rings is 1. The first-order chi connectivity index (χ1) is 11.8. The molecular formula is C19H23ClN2O2S. The summed E-state index contributed by atoms with van der Waals surface area (Å²) in [7, 11) is 3.39. The Balaban J connectivity index is 0.00000182. The van der Waals surface area contributed by atoms with Gasteiger partial charge in [-0.2, -0.15) is 0 Å². The van der Waals surface area contributed by atoms with E-state index in [2.05, 4.69) is 16.0 Å². The molecule has 1 aliphatic carbocycles. The van der Waals surface area contributed by atoms with E-state index < -0.39 is 0 Å². The summed E-state index contributed by atoms with van der Waals surface area (Å²) in [6, 6.07) is 5.91. The van der Waals surface area contributed by atoms with Crippen molar-refractivity contribution < 1.29 is 9.47 Å². The van der Waals surface area contributed by atoms with Crippen molar-refractivity contribution in [2.75, 3.05) is 14.2 Å². The average Bonchev–Trinajstić information content (AvgIpc) is 3.22. The standard InChI is InChI=1S/C19H22N2O2S.ClH/c1-22-14-8-9-18(23-2)15(10-14)17-12-24-19-20-16(11-21(17)19)13-6-4-3-5-7-13;/h8-13H,3-7H2,1-2H3;1H. The average molecular weight is 379 g/mol. The van der Waals surface area contributed by atoms with Crippen LogP contribution in [0.25, 0.3) is 16.2 Å². The summed E-state index contributed by atoms with van der Waals surface area (Å²) in [5.41, 5.74) is 3.39. The van der Waals surface area contributed by atoms with Gasteiger partial charge >= 0.3 is 0 Å². The van der Waals surface area contributed by atoms with Crippen LogP contribution in [-0.4, -0.2) is 23.6 Å². The molecule has 1 saturated carbocycles. The number of hydrogen-bond donors (Lipinski definition) is 0. The maximum atomic E-state index is 5.56. The van der Waals surface area contributed by atoms with Crippen LogP contribution in [0, 0.1) is 0 Å². The number of methoxy groups -OCH3 is 2. The third-order valence-electron chi connectivity index (χ3n) is 4.93. The van der Waals surface area contributed by atoms with Gasteiger partial charge in [0.2, 0.25) is 0 Å². The first-order valence-electron chi connectivity index (χ1n) is 8.49. The van der Waals surface area contributed by atoms with E-state index >= 15 is 0 Å². The van der Waals surface area contributed by atoms with Gasteiger partial charge in [-0.1, -0.05) is 19.3 Å². The maximum absolute atomic E-state index is 5.56. The third-order valence-corrected chi connectivity index (χ3v) is 5.77. The van der Waals surface area contributed by atoms with E-state index in [-0.39, 0.29) is 12.4 Å². The summed E-state index contributed by atoms with van der Waals surface area (Å²) in [6.45, 7) is 0. The first-order valence-corrected chi connectivity index (χ1v) is 9.37. The van der Waals surface area contributed by atoms with Crippen LogP contribution in [0.15, 0.2) is 29.8 Å². The summed E-state index contributed by atoms with van der Waals surface area (Å²) in [4.78, 5) is 5.94. The van der Waals surface area contributed by atoms with Crippen LogP contribution in [0.3, 0.4) is 0 Å². The fraction of sp³-hybridized carbons (Fsp3) is 0.421. The number of fused-ring (bicyclic) bond motifs is 1. The van der Waals surface area contributed by atoms with E-state index in [1.54, 1.807) is 25.6 Å². The van der Waals surface area contributed by atoms with E-state index in [4.69, 9.17) is 14.5 Å². The van der Waals surface area contributed by atoms with E-state index in [9.17, 15) is 0 Å². The van der Waals surface area contributed by atoms with Crippen LogP contribution < -0.4 is 9.47 Å². The topological polar surface area (TPSA) is 35.8 Å². The molecule has 0 atom stereocenters. The van der Waals surface area contributed by atoms with Gasteiger partial charge in [-0.15, -0.1) is 23.7 Å². The largest absolute Gasteiger partial charge is 0.497 e. The third kappa shape index (κ3) is 3.35. The second kappa shape index (κ2) is 7.67. The minimum absolute atomic E-state index is 0. The van der Waals surface area contributed by atoms with E-state index in [0.29, 0.717) is 5.92 Å². The van der Waals surface area contributed by atoms with Crippen molar-refractivity contribution in [3.8, 4) is 22.8 Å². The highest BCUT2D eigenvalue weighted by Crippen LogP contribution is 2.38. The van der Waals surface area contributed by atoms with Crippen molar-refractivity contribution in [3.05, 3.63) is 35.5 Å². The lowest BCUT2D eigenvalue weighted by Gasteiger charge is -2.19. The van der Waals surface area contributed by atoms with E-state index in [0.717, 1.165) is 27.7 Å². The molecule has 3 aromatic rings. The Hall–Kier alpha value is -1.72. The van der Waals surface area contributed by atoms with Crippen molar-refractivity contribution in [1.29, 1.82) is 0 Å². The molecular weight excluding hydrogens is 356 g/mol. The van der Waals surface area contributed by atoms with Gasteiger partial charge in [0.25, 0.3) is 0 Å². The Morgan fingerprint density at radius 1 is 1.12 bits per heavy atom. The SMILES string of the molecule is COc1ccc(OC)c(-c2csc3nc(C4CCCCC4)cn23)c1.Cl. The van der Waals surface area contributed by atoms with Crippen LogP contribution >= 0.6 is 23.7 Å². The molecule has 0 spiro atoms. The highest BCUT2D eigenvalue weighted by Gasteiger charge is 2.21. The number of thiazole rings is 1. The molecule has 0 aliphatic heterocycles. The quantitative estimate of drug-likeness (QED) is 0.597. The fourth-order valence-corrected chi connectivity index (χ4v) is 4.48. The highest BCUT2D eigenvalue weighted by molar-refractivity contribution is 7.15. The zero-order valence-corrected chi connectivity index (χ0v) is 16.2. The minimum atomic E-state index is 0. The van der Waals surface area contributed by atoms with Crippen molar-refractivity contribution in [2.45, 2.75) is 38.0 Å². The van der Waals surface area contributed by atoms with Crippen LogP contribution in [0.1, 0.15) is 43.7 Å². The molecule has 134 valence electrons. The Morgan fingerprint density at radius 2 is 1.92 bits per heavy atom. The summed E-state index contributed by atoms with van der Waals surface area (Å²) in [5.74, 6) is 2.30. The predicted octanol–water partition coefficient (Wildman–Crippen LogP) is 5.55. The number of aromatic nitrogens is 2. The molecule has 2 aromatic heterocycles. The number of halogens is 1. The lowest BCUT2D eigenvalue weighted by atomic mass is 9.87. The molecule has 4 nitrogen and oxygen atoms in total. The Labute approximate surface area is 158 Å². The lowest BCUT2D eigenvalue weighted by molar-refractivity contribution is 0.404. The number of nitrogens with zero attached hydrogens (tertiary/aromatic N) is 2. The molecule has 0 radical (unpaired) electrons. The number of benzene rings is 1. The molecule has 2 heterocycles. The van der Waals surface area contributed by atoms with Gasteiger partial charge in [0.05, 0.1) is 25.6 Å². The molecule has 1 aliphatic rings. The van der Waals surface area contributed by atoms with Gasteiger partial charge in [-0.05, 0) is 31.0 Å². The normalized spacial score (nSPS) is 15.1. The first kappa shape index (κ1) is 18.1. The molecule has 25 heavy (non-hydrogen) atoms. The van der Waals surface area contributed by atoms with Crippen LogP contribution in [0.4, 0.5) is 0 Å². The highest BCUT2D eigenvalue weighted by atomic mass is 35.5. The summed E-state index contributed by atoms with van der Waals surface area (Å²) in [6.07, 6.45) is 8.77. The van der Waals surface area contributed by atoms with Gasteiger partial charge in [0, 0.05) is 23.1 Å². The van der Waals surface area contributed by atoms with Gasteiger partial charge in [0.1, 0.15) is 11.5 Å². The molecule has 1 fully saturated rings. The molecule has 0 unspecified atom stereocenters. The predicted molar refractivity (Wildman–Crippen MR) is 105 cm³/mol. The summed E-state index contributed by atoms with van der Waals surface area (Å²) >= 11 is 1.68. The van der Waals surface area contributed by atoms with Crippen LogP contribution in [-0.2, 0) is 0 Å². The molecule has 4 rings (SSSR count). The molecule has 0 bridgehead atoms. The van der Waals surface area contributed by atoms with Crippen molar-refractivity contribution in [3.63, 3.8) is 0 Å². The molecule has 6 heteroatoms. The zero-order valence-electron chi connectivity index (χ0n) is 14.5. The van der Waals surface area contributed by atoms with Gasteiger partial charge < -0.3 is 9.47 Å². The molecule has 1 aromatic carbocycles. The smallest absolute Gasteiger partial charge is 0.194 e. The van der Waals surface area contributed by atoms with Crippen molar-refractivity contribution in [1.82, 2.24) is 9.38 Å². The zero-order chi connectivity index (χ0) is 16.5. The van der Waals surface area contributed by atoms with Gasteiger partial charge in [-0.3, -0.25) is 4.40 Å². The van der Waals surface area contributed by atoms with Crippen LogP contribution in [0.5, 0.6) is 11.5 Å². The monoisotopic (exact) mass is 378 g/mol. The number of rotatable bonds is 4. The summed E-state index contributed by atoms with van der Waals surface area (Å²) < 4.78 is 13.1. The molecule has 0 N–H and O–H groups in total. The van der Waals surface area contributed by atoms with Crippen molar-refractivity contribution in [2.24, 2.45) is 0 Å². The Bertz CT molecular complexity index is 852. The summed E-state index contributed by atoms with van der Waals surface area (Å²) in [5, 5.41) is 2.14. The van der Waals surface area contributed by atoms with Crippen LogP contribution in [0.2, 0.25) is 0 Å². The number of hydrogen-bond acceptors (Lipinski definition) is 4. The van der Waals surface area contributed by atoms with E-state index in [1.807, 2.05) is 18.2 Å². The maximum Gasteiger partial charge on any atom is 0.194 e. The Kier molecular flexibility index (Phi) is 5.54. The lowest BCUT2D eigenvalue weighted by Crippen LogP contribution is -2.04. The fourth-order valence-electron chi connectivity index (χ4n) is 3.60. The minimum Gasteiger partial charge on any atom is -0.497 e. The van der Waals surface area contributed by atoms with Gasteiger partial charge in [0.15, 0.2) is 4.96 Å². The van der Waals surface area contributed by atoms with E-state index in [1.165, 1.54) is 37.8 Å². The molecule has 0 amide bonds. The number of ether oxygens (including phenoxy) is 2. The molecule has 0 saturated heterocycles. The van der Waals surface area contributed by atoms with Gasteiger partial charge in [-0.25, -0.2) is 4.98 Å². The second-order valence-corrected chi connectivity index (χ2v) is 7.18.